The van der Waals surface area contributed by atoms with E-state index in [-0.39, 0.29) is 30.2 Å². The number of rotatable bonds is 10. The molecule has 1 saturated heterocycles. The molecule has 31 heavy (non-hydrogen) atoms. The number of nitrogens with one attached hydrogen (secondary N) is 1. The van der Waals surface area contributed by atoms with Gasteiger partial charge in [-0.05, 0) is 49.9 Å². The lowest BCUT2D eigenvalue weighted by Crippen LogP contribution is -2.35. The van der Waals surface area contributed by atoms with Crippen LogP contribution in [0.15, 0.2) is 48.5 Å². The highest BCUT2D eigenvalue weighted by Gasteiger charge is 2.34. The van der Waals surface area contributed by atoms with Crippen molar-refractivity contribution in [3.63, 3.8) is 0 Å². The molecular weight excluding hydrogens is 388 g/mol. The number of carbonyl (C=O) groups is 2. The minimum absolute atomic E-state index is 0.0537. The Labute approximate surface area is 185 Å². The van der Waals surface area contributed by atoms with Crippen molar-refractivity contribution in [1.29, 1.82) is 0 Å². The number of ether oxygens (including phenoxy) is 1. The zero-order valence-electron chi connectivity index (χ0n) is 18.9. The molecule has 0 bridgehead atoms. The average molecular weight is 423 g/mol. The molecule has 0 saturated carbocycles. The van der Waals surface area contributed by atoms with E-state index in [0.29, 0.717) is 13.1 Å². The first-order chi connectivity index (χ1) is 15.0. The van der Waals surface area contributed by atoms with Crippen LogP contribution in [0.2, 0.25) is 0 Å². The Balaban J connectivity index is 1.47. The van der Waals surface area contributed by atoms with Crippen molar-refractivity contribution >= 4 is 11.8 Å². The molecule has 1 N–H and O–H groups in total. The standard InChI is InChI=1S/C26H34N2O3/c1-4-5-16-31-24-12-10-22(11-13-24)20(3)27-26(30)23-17-25(29)28(18-23)15-14-21-8-6-19(2)7-9-21/h6-13,20,23H,4-5,14-18H2,1-3H3,(H,27,30)/t20-,23+/m0/s1. The lowest BCUT2D eigenvalue weighted by atomic mass is 10.0. The van der Waals surface area contributed by atoms with Crippen LogP contribution in [0.25, 0.3) is 0 Å². The Morgan fingerprint density at radius 1 is 1.16 bits per heavy atom. The average Bonchev–Trinajstić information content (AvgIpc) is 3.14. The van der Waals surface area contributed by atoms with Crippen molar-refractivity contribution in [2.24, 2.45) is 5.92 Å². The van der Waals surface area contributed by atoms with Crippen LogP contribution in [-0.4, -0.2) is 36.4 Å². The van der Waals surface area contributed by atoms with Crippen LogP contribution < -0.4 is 10.1 Å². The smallest absolute Gasteiger partial charge is 0.225 e. The number of carbonyl (C=O) groups excluding carboxylic acids is 2. The van der Waals surface area contributed by atoms with E-state index in [2.05, 4.69) is 43.4 Å². The van der Waals surface area contributed by atoms with E-state index in [0.717, 1.165) is 37.2 Å². The van der Waals surface area contributed by atoms with E-state index in [9.17, 15) is 9.59 Å². The Hall–Kier alpha value is -2.82. The highest BCUT2D eigenvalue weighted by molar-refractivity contribution is 5.89. The molecule has 1 heterocycles. The fraction of sp³-hybridized carbons (Fsp3) is 0.462. The molecule has 5 heteroatoms. The summed E-state index contributed by atoms with van der Waals surface area (Å²) in [5.74, 6) is 0.571. The van der Waals surface area contributed by atoms with Crippen molar-refractivity contribution in [1.82, 2.24) is 10.2 Å². The van der Waals surface area contributed by atoms with Crippen molar-refractivity contribution in [2.75, 3.05) is 19.7 Å². The fourth-order valence-corrected chi connectivity index (χ4v) is 3.78. The molecule has 1 aliphatic heterocycles. The minimum atomic E-state index is -0.287. The number of hydrogen-bond acceptors (Lipinski definition) is 3. The molecule has 3 rings (SSSR count). The summed E-state index contributed by atoms with van der Waals surface area (Å²) in [5, 5.41) is 3.07. The number of nitrogens with zero attached hydrogens (tertiary/aromatic N) is 1. The number of likely N-dealkylation sites (tertiary alicyclic amines) is 1. The third-order valence-corrected chi connectivity index (χ3v) is 5.88. The van der Waals surface area contributed by atoms with Gasteiger partial charge in [0.2, 0.25) is 11.8 Å². The topological polar surface area (TPSA) is 58.6 Å². The zero-order valence-corrected chi connectivity index (χ0v) is 18.9. The molecular formula is C26H34N2O3. The van der Waals surface area contributed by atoms with Crippen LogP contribution in [0.4, 0.5) is 0 Å². The molecule has 2 aromatic rings. The van der Waals surface area contributed by atoms with Gasteiger partial charge in [0, 0.05) is 19.5 Å². The second-order valence-electron chi connectivity index (χ2n) is 8.48. The van der Waals surface area contributed by atoms with Crippen LogP contribution >= 0.6 is 0 Å². The Kier molecular flexibility index (Phi) is 8.10. The van der Waals surface area contributed by atoms with E-state index in [1.165, 1.54) is 11.1 Å². The molecule has 0 spiro atoms. The summed E-state index contributed by atoms with van der Waals surface area (Å²) in [6.07, 6.45) is 3.24. The lowest BCUT2D eigenvalue weighted by Gasteiger charge is -2.19. The van der Waals surface area contributed by atoms with Gasteiger partial charge >= 0.3 is 0 Å². The number of amides is 2. The number of benzene rings is 2. The fourth-order valence-electron chi connectivity index (χ4n) is 3.78. The first-order valence-corrected chi connectivity index (χ1v) is 11.3. The van der Waals surface area contributed by atoms with Crippen LogP contribution in [0.3, 0.4) is 0 Å². The predicted molar refractivity (Wildman–Crippen MR) is 123 cm³/mol. The molecule has 0 aliphatic carbocycles. The SMILES string of the molecule is CCCCOc1ccc([C@H](C)NC(=O)[C@@H]2CC(=O)N(CCc3ccc(C)cc3)C2)cc1. The van der Waals surface area contributed by atoms with Gasteiger partial charge in [0.25, 0.3) is 0 Å². The van der Waals surface area contributed by atoms with Crippen LogP contribution in [0.5, 0.6) is 5.75 Å². The molecule has 2 atom stereocenters. The first-order valence-electron chi connectivity index (χ1n) is 11.3. The summed E-state index contributed by atoms with van der Waals surface area (Å²) in [6, 6.07) is 16.1. The maximum Gasteiger partial charge on any atom is 0.225 e. The van der Waals surface area contributed by atoms with Gasteiger partial charge in [0.1, 0.15) is 5.75 Å². The quantitative estimate of drug-likeness (QED) is 0.576. The molecule has 0 radical (unpaired) electrons. The number of aryl methyl sites for hydroxylation is 1. The van der Waals surface area contributed by atoms with Crippen LogP contribution in [-0.2, 0) is 16.0 Å². The summed E-state index contributed by atoms with van der Waals surface area (Å²) in [7, 11) is 0. The Morgan fingerprint density at radius 3 is 2.55 bits per heavy atom. The summed E-state index contributed by atoms with van der Waals surface area (Å²) in [5.41, 5.74) is 3.46. The third kappa shape index (κ3) is 6.58. The maximum absolute atomic E-state index is 12.8. The molecule has 1 aliphatic rings. The molecule has 166 valence electrons. The molecule has 1 fully saturated rings. The van der Waals surface area contributed by atoms with Gasteiger partial charge in [0.15, 0.2) is 0 Å². The molecule has 5 nitrogen and oxygen atoms in total. The van der Waals surface area contributed by atoms with Crippen molar-refractivity contribution in [2.45, 2.75) is 52.5 Å². The van der Waals surface area contributed by atoms with Crippen molar-refractivity contribution < 1.29 is 14.3 Å². The Morgan fingerprint density at radius 2 is 1.87 bits per heavy atom. The number of hydrogen-bond donors (Lipinski definition) is 1. The van der Waals surface area contributed by atoms with E-state index < -0.39 is 0 Å². The summed E-state index contributed by atoms with van der Waals surface area (Å²) in [6.45, 7) is 8.04. The van der Waals surface area contributed by atoms with Gasteiger partial charge in [-0.3, -0.25) is 9.59 Å². The van der Waals surface area contributed by atoms with Crippen molar-refractivity contribution in [3.05, 3.63) is 65.2 Å². The van der Waals surface area contributed by atoms with E-state index in [1.54, 1.807) is 0 Å². The van der Waals surface area contributed by atoms with Gasteiger partial charge in [-0.25, -0.2) is 0 Å². The molecule has 2 amide bonds. The second-order valence-corrected chi connectivity index (χ2v) is 8.48. The molecule has 0 aromatic heterocycles. The Bertz CT molecular complexity index is 861. The lowest BCUT2D eigenvalue weighted by molar-refractivity contribution is -0.129. The van der Waals surface area contributed by atoms with E-state index >= 15 is 0 Å². The van der Waals surface area contributed by atoms with Crippen LogP contribution in [0, 0.1) is 12.8 Å². The number of unbranched alkanes of at least 4 members (excludes halogenated alkanes) is 1. The van der Waals surface area contributed by atoms with Gasteiger partial charge in [-0.2, -0.15) is 0 Å². The monoisotopic (exact) mass is 422 g/mol. The molecule has 0 unspecified atom stereocenters. The predicted octanol–water partition coefficient (Wildman–Crippen LogP) is 4.44. The summed E-state index contributed by atoms with van der Waals surface area (Å²) in [4.78, 5) is 27.0. The first kappa shape index (κ1) is 22.9. The van der Waals surface area contributed by atoms with E-state index in [4.69, 9.17) is 4.74 Å². The van der Waals surface area contributed by atoms with Gasteiger partial charge in [0.05, 0.1) is 18.6 Å². The zero-order chi connectivity index (χ0) is 22.2. The largest absolute Gasteiger partial charge is 0.494 e. The van der Waals surface area contributed by atoms with Gasteiger partial charge in [-0.15, -0.1) is 0 Å². The summed E-state index contributed by atoms with van der Waals surface area (Å²) < 4.78 is 5.70. The van der Waals surface area contributed by atoms with Crippen molar-refractivity contribution in [3.8, 4) is 5.75 Å². The summed E-state index contributed by atoms with van der Waals surface area (Å²) >= 11 is 0. The molecule has 2 aromatic carbocycles. The van der Waals surface area contributed by atoms with Crippen LogP contribution in [0.1, 0.15) is 55.8 Å². The second kappa shape index (κ2) is 11.0. The maximum atomic E-state index is 12.8. The van der Waals surface area contributed by atoms with E-state index in [1.807, 2.05) is 36.1 Å². The third-order valence-electron chi connectivity index (χ3n) is 5.88. The highest BCUT2D eigenvalue weighted by atomic mass is 16.5. The normalized spacial score (nSPS) is 16.9. The van der Waals surface area contributed by atoms with Gasteiger partial charge in [-0.1, -0.05) is 55.3 Å². The highest BCUT2D eigenvalue weighted by Crippen LogP contribution is 2.22. The van der Waals surface area contributed by atoms with Gasteiger partial charge < -0.3 is 15.0 Å². The minimum Gasteiger partial charge on any atom is -0.494 e.